The highest BCUT2D eigenvalue weighted by atomic mass is 19.1. The number of aliphatic hydroxyl groups is 1. The van der Waals surface area contributed by atoms with Crippen LogP contribution in [0.2, 0.25) is 0 Å². The Hall–Kier alpha value is -3.83. The molecule has 2 N–H and O–H groups in total. The molecular formula is C27H21F2NO2. The number of phenols is 1. The summed E-state index contributed by atoms with van der Waals surface area (Å²) >= 11 is 0. The van der Waals surface area contributed by atoms with E-state index < -0.39 is 29.0 Å². The molecular weight excluding hydrogens is 408 g/mol. The number of rotatable bonds is 6. The summed E-state index contributed by atoms with van der Waals surface area (Å²) in [4.78, 5) is 4.56. The van der Waals surface area contributed by atoms with E-state index in [-0.39, 0.29) is 5.56 Å². The Balaban J connectivity index is 1.93. The lowest BCUT2D eigenvalue weighted by Crippen LogP contribution is -2.34. The Bertz CT molecular complexity index is 1170. The van der Waals surface area contributed by atoms with E-state index in [9.17, 15) is 19.0 Å². The summed E-state index contributed by atoms with van der Waals surface area (Å²) in [5.74, 6) is -2.62. The van der Waals surface area contributed by atoms with E-state index in [1.807, 2.05) is 66.7 Å². The summed E-state index contributed by atoms with van der Waals surface area (Å²) in [6, 6.07) is 28.1. The number of benzene rings is 4. The van der Waals surface area contributed by atoms with Crippen molar-refractivity contribution in [1.29, 1.82) is 0 Å². The second-order valence-corrected chi connectivity index (χ2v) is 7.42. The van der Waals surface area contributed by atoms with Gasteiger partial charge in [-0.1, -0.05) is 91.0 Å². The van der Waals surface area contributed by atoms with Gasteiger partial charge >= 0.3 is 0 Å². The molecule has 0 unspecified atom stereocenters. The van der Waals surface area contributed by atoms with Gasteiger partial charge in [0.15, 0.2) is 11.6 Å². The first-order valence-corrected chi connectivity index (χ1v) is 10.1. The third kappa shape index (κ3) is 4.15. The number of aromatic hydroxyl groups is 1. The van der Waals surface area contributed by atoms with E-state index in [2.05, 4.69) is 4.99 Å². The van der Waals surface area contributed by atoms with Gasteiger partial charge in [0.2, 0.25) is 0 Å². The fraction of sp³-hybridized carbons (Fsp3) is 0.0741. The van der Waals surface area contributed by atoms with Crippen molar-refractivity contribution in [3.05, 3.63) is 137 Å². The monoisotopic (exact) mass is 429 g/mol. The van der Waals surface area contributed by atoms with Crippen LogP contribution < -0.4 is 0 Å². The van der Waals surface area contributed by atoms with E-state index in [1.54, 1.807) is 24.3 Å². The van der Waals surface area contributed by atoms with E-state index in [4.69, 9.17) is 0 Å². The van der Waals surface area contributed by atoms with Crippen molar-refractivity contribution in [1.82, 2.24) is 0 Å². The Labute approximate surface area is 185 Å². The molecule has 160 valence electrons. The molecule has 0 saturated carbocycles. The van der Waals surface area contributed by atoms with Gasteiger partial charge in [0.05, 0.1) is 0 Å². The zero-order valence-corrected chi connectivity index (χ0v) is 17.1. The fourth-order valence-electron chi connectivity index (χ4n) is 3.78. The number of nitrogens with zero attached hydrogens (tertiary/aromatic N) is 1. The van der Waals surface area contributed by atoms with Gasteiger partial charge < -0.3 is 10.2 Å². The molecule has 0 aliphatic rings. The topological polar surface area (TPSA) is 52.8 Å². The van der Waals surface area contributed by atoms with Crippen LogP contribution in [0.25, 0.3) is 0 Å². The third-order valence-electron chi connectivity index (χ3n) is 5.36. The zero-order valence-electron chi connectivity index (χ0n) is 17.1. The van der Waals surface area contributed by atoms with Gasteiger partial charge in [0, 0.05) is 17.8 Å². The minimum absolute atomic E-state index is 0.119. The van der Waals surface area contributed by atoms with Crippen LogP contribution in [-0.2, 0) is 5.60 Å². The molecule has 4 rings (SSSR count). The van der Waals surface area contributed by atoms with Crippen LogP contribution >= 0.6 is 0 Å². The number of halogens is 2. The Morgan fingerprint density at radius 1 is 0.750 bits per heavy atom. The van der Waals surface area contributed by atoms with Crippen molar-refractivity contribution >= 4 is 6.21 Å². The maximum atomic E-state index is 13.9. The maximum Gasteiger partial charge on any atom is 0.168 e. The molecule has 0 amide bonds. The van der Waals surface area contributed by atoms with Crippen molar-refractivity contribution in [2.45, 2.75) is 11.6 Å². The first kappa shape index (κ1) is 21.4. The third-order valence-corrected chi connectivity index (χ3v) is 5.36. The SMILES string of the molecule is Oc1c(F)cc(F)cc1C=N[C@H](c1ccccc1)C(O)(c1ccccc1)c1ccccc1. The molecule has 32 heavy (non-hydrogen) atoms. The molecule has 0 bridgehead atoms. The molecule has 4 aromatic rings. The van der Waals surface area contributed by atoms with E-state index in [0.29, 0.717) is 22.8 Å². The number of aliphatic imine (C=N–C) groups is 1. The summed E-state index contributed by atoms with van der Waals surface area (Å²) < 4.78 is 27.6. The fourth-order valence-corrected chi connectivity index (χ4v) is 3.78. The zero-order chi connectivity index (χ0) is 22.6. The molecule has 0 spiro atoms. The Kier molecular flexibility index (Phi) is 6.10. The molecule has 0 aromatic heterocycles. The van der Waals surface area contributed by atoms with Crippen molar-refractivity contribution < 1.29 is 19.0 Å². The Morgan fingerprint density at radius 3 is 1.78 bits per heavy atom. The van der Waals surface area contributed by atoms with Gasteiger partial charge in [-0.05, 0) is 22.8 Å². The van der Waals surface area contributed by atoms with Gasteiger partial charge in [0.25, 0.3) is 0 Å². The lowest BCUT2D eigenvalue weighted by molar-refractivity contribution is 0.0523. The van der Waals surface area contributed by atoms with Gasteiger partial charge in [-0.2, -0.15) is 0 Å². The highest BCUT2D eigenvalue weighted by Gasteiger charge is 2.41. The van der Waals surface area contributed by atoms with Crippen LogP contribution in [-0.4, -0.2) is 16.4 Å². The normalized spacial score (nSPS) is 12.7. The summed E-state index contributed by atoms with van der Waals surface area (Å²) in [6.45, 7) is 0. The summed E-state index contributed by atoms with van der Waals surface area (Å²) in [6.07, 6.45) is 1.19. The predicted molar refractivity (Wildman–Crippen MR) is 121 cm³/mol. The molecule has 0 aliphatic heterocycles. The van der Waals surface area contributed by atoms with E-state index in [0.717, 1.165) is 6.07 Å². The number of phenolic OH excluding ortho intramolecular Hbond substituents is 1. The smallest absolute Gasteiger partial charge is 0.168 e. The largest absolute Gasteiger partial charge is 0.504 e. The van der Waals surface area contributed by atoms with Crippen LogP contribution in [0.15, 0.2) is 108 Å². The molecule has 0 heterocycles. The van der Waals surface area contributed by atoms with Crippen molar-refractivity contribution in [2.24, 2.45) is 4.99 Å². The molecule has 5 heteroatoms. The van der Waals surface area contributed by atoms with Gasteiger partial charge in [-0.15, -0.1) is 0 Å². The predicted octanol–water partition coefficient (Wildman–Crippen LogP) is 5.77. The lowest BCUT2D eigenvalue weighted by atomic mass is 9.77. The highest BCUT2D eigenvalue weighted by Crippen LogP contribution is 2.43. The van der Waals surface area contributed by atoms with Crippen LogP contribution in [0, 0.1) is 11.6 Å². The lowest BCUT2D eigenvalue weighted by Gasteiger charge is -2.35. The number of hydrogen-bond donors (Lipinski definition) is 2. The molecule has 0 radical (unpaired) electrons. The van der Waals surface area contributed by atoms with E-state index >= 15 is 0 Å². The van der Waals surface area contributed by atoms with Crippen molar-refractivity contribution in [3.8, 4) is 5.75 Å². The van der Waals surface area contributed by atoms with Crippen LogP contribution in [0.4, 0.5) is 8.78 Å². The van der Waals surface area contributed by atoms with Gasteiger partial charge in [0.1, 0.15) is 17.5 Å². The minimum Gasteiger partial charge on any atom is -0.504 e. The number of hydrogen-bond acceptors (Lipinski definition) is 3. The average Bonchev–Trinajstić information content (AvgIpc) is 2.83. The van der Waals surface area contributed by atoms with Crippen LogP contribution in [0.5, 0.6) is 5.75 Å². The second kappa shape index (κ2) is 9.12. The standard InChI is InChI=1S/C27H21F2NO2/c28-23-16-20(25(31)24(29)17-23)18-30-26(19-10-4-1-5-11-19)27(32,21-12-6-2-7-13-21)22-14-8-3-9-15-22/h1-18,26,31-32H/t26-/m1/s1. The van der Waals surface area contributed by atoms with Gasteiger partial charge in [-0.25, -0.2) is 8.78 Å². The van der Waals surface area contributed by atoms with Crippen LogP contribution in [0.3, 0.4) is 0 Å². The summed E-state index contributed by atoms with van der Waals surface area (Å²) in [7, 11) is 0. The molecule has 1 atom stereocenters. The molecule has 0 fully saturated rings. The first-order chi connectivity index (χ1) is 15.5. The average molecular weight is 429 g/mol. The maximum absolute atomic E-state index is 13.9. The molecule has 3 nitrogen and oxygen atoms in total. The van der Waals surface area contributed by atoms with E-state index in [1.165, 1.54) is 6.21 Å². The van der Waals surface area contributed by atoms with Crippen molar-refractivity contribution in [2.75, 3.05) is 0 Å². The molecule has 4 aromatic carbocycles. The quantitative estimate of drug-likeness (QED) is 0.383. The van der Waals surface area contributed by atoms with Gasteiger partial charge in [-0.3, -0.25) is 4.99 Å². The minimum atomic E-state index is -1.60. The molecule has 0 saturated heterocycles. The highest BCUT2D eigenvalue weighted by molar-refractivity contribution is 5.83. The Morgan fingerprint density at radius 2 is 1.25 bits per heavy atom. The summed E-state index contributed by atoms with van der Waals surface area (Å²) in [5.41, 5.74) is 0.183. The summed E-state index contributed by atoms with van der Waals surface area (Å²) in [5, 5.41) is 22.2. The second-order valence-electron chi connectivity index (χ2n) is 7.42. The van der Waals surface area contributed by atoms with Crippen molar-refractivity contribution in [3.63, 3.8) is 0 Å². The first-order valence-electron chi connectivity index (χ1n) is 10.1. The molecule has 0 aliphatic carbocycles. The van der Waals surface area contributed by atoms with Crippen LogP contribution in [0.1, 0.15) is 28.3 Å².